The average molecular weight is 257 g/mol. The smallest absolute Gasteiger partial charge is 0.222 e. The molecule has 0 atom stereocenters. The molecule has 1 aliphatic rings. The lowest BCUT2D eigenvalue weighted by Crippen LogP contribution is -2.48. The molecule has 0 aromatic heterocycles. The van der Waals surface area contributed by atoms with E-state index in [9.17, 15) is 4.79 Å². The Labute approximate surface area is 110 Å². The van der Waals surface area contributed by atoms with Crippen LogP contribution in [0.25, 0.3) is 0 Å². The third-order valence-corrected chi connectivity index (χ3v) is 3.13. The van der Waals surface area contributed by atoms with Crippen molar-refractivity contribution in [3.8, 4) is 0 Å². The topological polar surface area (TPSA) is 67.6 Å². The Balaban J connectivity index is 2.14. The summed E-state index contributed by atoms with van der Waals surface area (Å²) in [7, 11) is 1.65. The number of carbonyl (C=O) groups is 1. The lowest BCUT2D eigenvalue weighted by Gasteiger charge is -2.35. The first-order valence-electron chi connectivity index (χ1n) is 6.74. The van der Waals surface area contributed by atoms with Crippen LogP contribution in [0.1, 0.15) is 33.1 Å². The summed E-state index contributed by atoms with van der Waals surface area (Å²) in [4.78, 5) is 13.4. The predicted molar refractivity (Wildman–Crippen MR) is 72.4 cm³/mol. The Hall–Kier alpha value is -0.650. The minimum atomic E-state index is -0.132. The SMILES string of the molecule is CNC(=O)CCOC1CCN(CC(C)(C)N)CC1. The number of hydrogen-bond acceptors (Lipinski definition) is 4. The lowest BCUT2D eigenvalue weighted by atomic mass is 10.0. The molecule has 0 bridgehead atoms. The molecular weight excluding hydrogens is 230 g/mol. The summed E-state index contributed by atoms with van der Waals surface area (Å²) in [5.41, 5.74) is 5.88. The summed E-state index contributed by atoms with van der Waals surface area (Å²) in [6.07, 6.45) is 2.81. The summed E-state index contributed by atoms with van der Waals surface area (Å²) in [6.45, 7) is 7.62. The Morgan fingerprint density at radius 1 is 1.44 bits per heavy atom. The van der Waals surface area contributed by atoms with Crippen LogP contribution in [0, 0.1) is 0 Å². The summed E-state index contributed by atoms with van der Waals surface area (Å²) in [6, 6.07) is 0. The molecule has 0 unspecified atom stereocenters. The molecule has 1 aliphatic heterocycles. The zero-order valence-electron chi connectivity index (χ0n) is 11.9. The lowest BCUT2D eigenvalue weighted by molar-refractivity contribution is -0.122. The van der Waals surface area contributed by atoms with E-state index in [2.05, 4.69) is 24.1 Å². The summed E-state index contributed by atoms with van der Waals surface area (Å²) >= 11 is 0. The Kier molecular flexibility index (Phi) is 6.05. The maximum Gasteiger partial charge on any atom is 0.222 e. The predicted octanol–water partition coefficient (Wildman–Crippen LogP) is 0.341. The van der Waals surface area contributed by atoms with Gasteiger partial charge in [-0.3, -0.25) is 4.79 Å². The van der Waals surface area contributed by atoms with Gasteiger partial charge in [0.2, 0.25) is 5.91 Å². The minimum absolute atomic E-state index is 0.0392. The number of amides is 1. The van der Waals surface area contributed by atoms with Gasteiger partial charge < -0.3 is 20.7 Å². The highest BCUT2D eigenvalue weighted by Crippen LogP contribution is 2.15. The Bertz CT molecular complexity index is 255. The number of nitrogens with two attached hydrogens (primary N) is 1. The fourth-order valence-electron chi connectivity index (χ4n) is 2.25. The second kappa shape index (κ2) is 7.07. The summed E-state index contributed by atoms with van der Waals surface area (Å²) in [5, 5.41) is 2.59. The van der Waals surface area contributed by atoms with Crippen molar-refractivity contribution in [2.75, 3.05) is 33.3 Å². The molecule has 1 saturated heterocycles. The number of hydrogen-bond donors (Lipinski definition) is 2. The molecule has 0 aromatic carbocycles. The van der Waals surface area contributed by atoms with Crippen molar-refractivity contribution < 1.29 is 9.53 Å². The van der Waals surface area contributed by atoms with Gasteiger partial charge in [-0.25, -0.2) is 0 Å². The van der Waals surface area contributed by atoms with Crippen LogP contribution < -0.4 is 11.1 Å². The first-order valence-corrected chi connectivity index (χ1v) is 6.74. The molecule has 5 nitrogen and oxygen atoms in total. The van der Waals surface area contributed by atoms with E-state index in [1.807, 2.05) is 0 Å². The van der Waals surface area contributed by atoms with Gasteiger partial charge in [-0.2, -0.15) is 0 Å². The van der Waals surface area contributed by atoms with E-state index in [0.717, 1.165) is 32.5 Å². The third kappa shape index (κ3) is 6.33. The largest absolute Gasteiger partial charge is 0.378 e. The molecule has 0 aliphatic carbocycles. The van der Waals surface area contributed by atoms with Crippen LogP contribution in [-0.2, 0) is 9.53 Å². The fourth-order valence-corrected chi connectivity index (χ4v) is 2.25. The van der Waals surface area contributed by atoms with Crippen molar-refractivity contribution >= 4 is 5.91 Å². The third-order valence-electron chi connectivity index (χ3n) is 3.13. The fraction of sp³-hybridized carbons (Fsp3) is 0.923. The molecule has 106 valence electrons. The van der Waals surface area contributed by atoms with Gasteiger partial charge in [0.25, 0.3) is 0 Å². The van der Waals surface area contributed by atoms with Gasteiger partial charge in [-0.15, -0.1) is 0 Å². The van der Waals surface area contributed by atoms with E-state index < -0.39 is 0 Å². The van der Waals surface area contributed by atoms with Gasteiger partial charge in [-0.1, -0.05) is 0 Å². The first kappa shape index (κ1) is 15.4. The standard InChI is InChI=1S/C13H27N3O2/c1-13(2,14)10-16-7-4-11(5-8-16)18-9-6-12(17)15-3/h11H,4-10,14H2,1-3H3,(H,15,17). The van der Waals surface area contributed by atoms with Crippen molar-refractivity contribution in [1.29, 1.82) is 0 Å². The van der Waals surface area contributed by atoms with Gasteiger partial charge in [0.15, 0.2) is 0 Å². The van der Waals surface area contributed by atoms with E-state index in [4.69, 9.17) is 10.5 Å². The van der Waals surface area contributed by atoms with Gasteiger partial charge >= 0.3 is 0 Å². The molecule has 1 heterocycles. The number of carbonyl (C=O) groups excluding carboxylic acids is 1. The van der Waals surface area contributed by atoms with Crippen LogP contribution >= 0.6 is 0 Å². The van der Waals surface area contributed by atoms with E-state index in [-0.39, 0.29) is 11.4 Å². The maximum atomic E-state index is 11.0. The second-order valence-electron chi connectivity index (χ2n) is 5.76. The van der Waals surface area contributed by atoms with Crippen LogP contribution in [0.4, 0.5) is 0 Å². The number of piperidine rings is 1. The average Bonchev–Trinajstić information content (AvgIpc) is 2.29. The number of likely N-dealkylation sites (tertiary alicyclic amines) is 1. The molecule has 0 aromatic rings. The zero-order chi connectivity index (χ0) is 13.6. The minimum Gasteiger partial charge on any atom is -0.378 e. The maximum absolute atomic E-state index is 11.0. The molecule has 5 heteroatoms. The van der Waals surface area contributed by atoms with Crippen LogP contribution in [0.3, 0.4) is 0 Å². The molecule has 1 rings (SSSR count). The van der Waals surface area contributed by atoms with E-state index >= 15 is 0 Å². The van der Waals surface area contributed by atoms with Crippen molar-refractivity contribution in [3.63, 3.8) is 0 Å². The van der Waals surface area contributed by atoms with Gasteiger partial charge in [0.1, 0.15) is 0 Å². The van der Waals surface area contributed by atoms with Crippen LogP contribution in [-0.4, -0.2) is 55.7 Å². The normalized spacial score (nSPS) is 18.9. The molecule has 3 N–H and O–H groups in total. The highest BCUT2D eigenvalue weighted by Gasteiger charge is 2.23. The Morgan fingerprint density at radius 3 is 2.56 bits per heavy atom. The van der Waals surface area contributed by atoms with Crippen LogP contribution in [0.5, 0.6) is 0 Å². The highest BCUT2D eigenvalue weighted by atomic mass is 16.5. The molecule has 0 radical (unpaired) electrons. The molecule has 0 saturated carbocycles. The van der Waals surface area contributed by atoms with Crippen LogP contribution in [0.2, 0.25) is 0 Å². The quantitative estimate of drug-likeness (QED) is 0.720. The van der Waals surface area contributed by atoms with E-state index in [1.54, 1.807) is 7.05 Å². The van der Waals surface area contributed by atoms with Gasteiger partial charge in [0.05, 0.1) is 12.7 Å². The molecule has 1 amide bonds. The number of ether oxygens (including phenoxy) is 1. The second-order valence-corrected chi connectivity index (χ2v) is 5.76. The molecular formula is C13H27N3O2. The first-order chi connectivity index (χ1) is 8.40. The van der Waals surface area contributed by atoms with Crippen LogP contribution in [0.15, 0.2) is 0 Å². The van der Waals surface area contributed by atoms with Gasteiger partial charge in [-0.05, 0) is 26.7 Å². The van der Waals surface area contributed by atoms with Gasteiger partial charge in [0, 0.05) is 38.6 Å². The van der Waals surface area contributed by atoms with Crippen molar-refractivity contribution in [2.45, 2.75) is 44.8 Å². The summed E-state index contributed by atoms with van der Waals surface area (Å²) < 4.78 is 5.72. The number of nitrogens with zero attached hydrogens (tertiary/aromatic N) is 1. The van der Waals surface area contributed by atoms with E-state index in [1.165, 1.54) is 0 Å². The van der Waals surface area contributed by atoms with E-state index in [0.29, 0.717) is 19.1 Å². The molecule has 18 heavy (non-hydrogen) atoms. The molecule has 0 spiro atoms. The Morgan fingerprint density at radius 2 is 2.06 bits per heavy atom. The van der Waals surface area contributed by atoms with Crippen molar-refractivity contribution in [1.82, 2.24) is 10.2 Å². The van der Waals surface area contributed by atoms with Crippen molar-refractivity contribution in [3.05, 3.63) is 0 Å². The van der Waals surface area contributed by atoms with Crippen molar-refractivity contribution in [2.24, 2.45) is 5.73 Å². The summed E-state index contributed by atoms with van der Waals surface area (Å²) in [5.74, 6) is 0.0392. The molecule has 1 fully saturated rings. The number of rotatable bonds is 6. The zero-order valence-corrected chi connectivity index (χ0v) is 11.9. The monoisotopic (exact) mass is 257 g/mol. The highest BCUT2D eigenvalue weighted by molar-refractivity contribution is 5.75. The number of nitrogens with one attached hydrogen (secondary N) is 1.